The third-order valence-electron chi connectivity index (χ3n) is 3.57. The number of halogens is 1. The van der Waals surface area contributed by atoms with Gasteiger partial charge < -0.3 is 0 Å². The van der Waals surface area contributed by atoms with Crippen molar-refractivity contribution in [2.45, 2.75) is 13.1 Å². The van der Waals surface area contributed by atoms with Crippen LogP contribution in [0.2, 0.25) is 0 Å². The van der Waals surface area contributed by atoms with Crippen molar-refractivity contribution in [3.8, 4) is 0 Å². The van der Waals surface area contributed by atoms with Crippen LogP contribution in [0.3, 0.4) is 0 Å². The molecular formula is C16H12FN5. The van der Waals surface area contributed by atoms with Crippen LogP contribution in [0.1, 0.15) is 23.3 Å². The first-order valence-electron chi connectivity index (χ1n) is 6.90. The minimum atomic E-state index is -1.39. The minimum absolute atomic E-state index is 0.182. The maximum atomic E-state index is 14.9. The standard InChI is InChI=1S/C16H12FN5/c1-10-4-7-14-19-20-16(22(14)21-10)15(17)12-5-6-13-11(9-12)3-2-8-18-13/h2-9,15H,1H3. The first-order chi connectivity index (χ1) is 10.7. The van der Waals surface area contributed by atoms with Crippen LogP contribution in [0.25, 0.3) is 16.6 Å². The molecule has 0 fully saturated rings. The van der Waals surface area contributed by atoms with Crippen LogP contribution in [-0.2, 0) is 0 Å². The van der Waals surface area contributed by atoms with Gasteiger partial charge in [-0.05, 0) is 42.8 Å². The Morgan fingerprint density at radius 1 is 1.09 bits per heavy atom. The van der Waals surface area contributed by atoms with Gasteiger partial charge >= 0.3 is 0 Å². The number of pyridine rings is 1. The van der Waals surface area contributed by atoms with Crippen molar-refractivity contribution in [3.05, 3.63) is 65.7 Å². The SMILES string of the molecule is Cc1ccc2nnc(C(F)c3ccc4ncccc4c3)n2n1. The van der Waals surface area contributed by atoms with Crippen molar-refractivity contribution in [3.63, 3.8) is 0 Å². The van der Waals surface area contributed by atoms with Crippen molar-refractivity contribution >= 4 is 16.6 Å². The Kier molecular flexibility index (Phi) is 2.82. The summed E-state index contributed by atoms with van der Waals surface area (Å²) in [7, 11) is 0. The summed E-state index contributed by atoms with van der Waals surface area (Å²) in [5.41, 5.74) is 2.66. The molecule has 108 valence electrons. The van der Waals surface area contributed by atoms with Crippen LogP contribution >= 0.6 is 0 Å². The molecule has 1 atom stereocenters. The number of rotatable bonds is 2. The lowest BCUT2D eigenvalue weighted by molar-refractivity contribution is 0.377. The average Bonchev–Trinajstić information content (AvgIpc) is 2.96. The molecule has 0 N–H and O–H groups in total. The summed E-state index contributed by atoms with van der Waals surface area (Å²) in [6.45, 7) is 1.85. The summed E-state index contributed by atoms with van der Waals surface area (Å²) in [5, 5.41) is 13.1. The second-order valence-electron chi connectivity index (χ2n) is 5.12. The molecule has 1 aromatic carbocycles. The number of hydrogen-bond acceptors (Lipinski definition) is 4. The molecule has 0 amide bonds. The number of fused-ring (bicyclic) bond motifs is 2. The quantitative estimate of drug-likeness (QED) is 0.570. The van der Waals surface area contributed by atoms with Gasteiger partial charge in [0.1, 0.15) is 0 Å². The Bertz CT molecular complexity index is 979. The van der Waals surface area contributed by atoms with Crippen molar-refractivity contribution in [1.29, 1.82) is 0 Å². The molecule has 1 unspecified atom stereocenters. The van der Waals surface area contributed by atoms with Crippen LogP contribution in [0.15, 0.2) is 48.7 Å². The third kappa shape index (κ3) is 2.00. The highest BCUT2D eigenvalue weighted by Gasteiger charge is 2.20. The van der Waals surface area contributed by atoms with Gasteiger partial charge in [-0.3, -0.25) is 4.98 Å². The van der Waals surface area contributed by atoms with E-state index in [1.807, 2.05) is 25.1 Å². The van der Waals surface area contributed by atoms with Gasteiger partial charge in [0.15, 0.2) is 17.6 Å². The van der Waals surface area contributed by atoms with E-state index in [-0.39, 0.29) is 5.82 Å². The molecule has 0 radical (unpaired) electrons. The zero-order chi connectivity index (χ0) is 15.1. The predicted molar refractivity (Wildman–Crippen MR) is 80.2 cm³/mol. The zero-order valence-electron chi connectivity index (χ0n) is 11.8. The Labute approximate surface area is 125 Å². The summed E-state index contributed by atoms with van der Waals surface area (Å²) in [5.74, 6) is 0.182. The van der Waals surface area contributed by atoms with Crippen molar-refractivity contribution in [2.24, 2.45) is 0 Å². The number of hydrogen-bond donors (Lipinski definition) is 0. The van der Waals surface area contributed by atoms with Crippen LogP contribution < -0.4 is 0 Å². The van der Waals surface area contributed by atoms with Gasteiger partial charge in [-0.1, -0.05) is 12.1 Å². The largest absolute Gasteiger partial charge is 0.256 e. The van der Waals surface area contributed by atoms with E-state index in [4.69, 9.17) is 0 Å². The minimum Gasteiger partial charge on any atom is -0.256 e. The molecule has 6 heteroatoms. The Balaban J connectivity index is 1.84. The van der Waals surface area contributed by atoms with Gasteiger partial charge in [0.05, 0.1) is 11.2 Å². The van der Waals surface area contributed by atoms with E-state index in [2.05, 4.69) is 20.3 Å². The van der Waals surface area contributed by atoms with E-state index < -0.39 is 6.17 Å². The molecule has 0 aliphatic carbocycles. The van der Waals surface area contributed by atoms with Gasteiger partial charge in [-0.25, -0.2) is 4.39 Å². The van der Waals surface area contributed by atoms with Gasteiger partial charge in [-0.2, -0.15) is 9.61 Å². The maximum absolute atomic E-state index is 14.9. The molecule has 0 saturated heterocycles. The number of aryl methyl sites for hydroxylation is 1. The van der Waals surface area contributed by atoms with E-state index >= 15 is 0 Å². The fourth-order valence-corrected chi connectivity index (χ4v) is 2.46. The molecule has 22 heavy (non-hydrogen) atoms. The van der Waals surface area contributed by atoms with E-state index in [0.717, 1.165) is 16.6 Å². The summed E-state index contributed by atoms with van der Waals surface area (Å²) in [6.07, 6.45) is 0.321. The monoisotopic (exact) mass is 293 g/mol. The lowest BCUT2D eigenvalue weighted by atomic mass is 10.1. The Morgan fingerprint density at radius 2 is 2.00 bits per heavy atom. The number of nitrogens with zero attached hydrogens (tertiary/aromatic N) is 5. The lowest BCUT2D eigenvalue weighted by Crippen LogP contribution is -2.04. The molecule has 4 aromatic rings. The molecule has 5 nitrogen and oxygen atoms in total. The summed E-state index contributed by atoms with van der Waals surface area (Å²) in [6, 6.07) is 12.6. The summed E-state index contributed by atoms with van der Waals surface area (Å²) in [4.78, 5) is 4.24. The Morgan fingerprint density at radius 3 is 2.91 bits per heavy atom. The number of alkyl halides is 1. The Hall–Kier alpha value is -2.89. The first-order valence-corrected chi connectivity index (χ1v) is 6.90. The third-order valence-corrected chi connectivity index (χ3v) is 3.57. The molecule has 4 rings (SSSR count). The van der Waals surface area contributed by atoms with Gasteiger partial charge in [0, 0.05) is 11.6 Å². The molecule has 0 aliphatic heterocycles. The van der Waals surface area contributed by atoms with Crippen LogP contribution in [0.4, 0.5) is 4.39 Å². The maximum Gasteiger partial charge on any atom is 0.193 e. The molecule has 3 aromatic heterocycles. The van der Waals surface area contributed by atoms with Crippen LogP contribution in [-0.4, -0.2) is 24.8 Å². The second-order valence-corrected chi connectivity index (χ2v) is 5.12. The highest BCUT2D eigenvalue weighted by atomic mass is 19.1. The fourth-order valence-electron chi connectivity index (χ4n) is 2.46. The van der Waals surface area contributed by atoms with Crippen molar-refractivity contribution in [2.75, 3.05) is 0 Å². The summed E-state index contributed by atoms with van der Waals surface area (Å²) >= 11 is 0. The van der Waals surface area contributed by atoms with E-state index in [0.29, 0.717) is 11.2 Å². The molecule has 0 saturated carbocycles. The molecule has 0 spiro atoms. The normalized spacial score (nSPS) is 12.8. The smallest absolute Gasteiger partial charge is 0.193 e. The van der Waals surface area contributed by atoms with E-state index in [1.165, 1.54) is 4.52 Å². The molecular weight excluding hydrogens is 281 g/mol. The van der Waals surface area contributed by atoms with Gasteiger partial charge in [0.2, 0.25) is 0 Å². The lowest BCUT2D eigenvalue weighted by Gasteiger charge is -2.08. The van der Waals surface area contributed by atoms with Crippen LogP contribution in [0, 0.1) is 6.92 Å². The molecule has 0 aliphatic rings. The van der Waals surface area contributed by atoms with Crippen molar-refractivity contribution in [1.82, 2.24) is 24.8 Å². The first kappa shape index (κ1) is 12.8. The van der Waals surface area contributed by atoms with Crippen molar-refractivity contribution < 1.29 is 4.39 Å². The van der Waals surface area contributed by atoms with Gasteiger partial charge in [0.25, 0.3) is 0 Å². The predicted octanol–water partition coefficient (Wildman–Crippen LogP) is 3.04. The summed E-state index contributed by atoms with van der Waals surface area (Å²) < 4.78 is 16.4. The van der Waals surface area contributed by atoms with E-state index in [9.17, 15) is 4.39 Å². The average molecular weight is 293 g/mol. The van der Waals surface area contributed by atoms with E-state index in [1.54, 1.807) is 30.5 Å². The topological polar surface area (TPSA) is 56.0 Å². The molecule has 3 heterocycles. The number of aromatic nitrogens is 5. The van der Waals surface area contributed by atoms with Crippen LogP contribution in [0.5, 0.6) is 0 Å². The highest BCUT2D eigenvalue weighted by Crippen LogP contribution is 2.27. The second kappa shape index (κ2) is 4.84. The zero-order valence-corrected chi connectivity index (χ0v) is 11.8. The number of benzene rings is 1. The fraction of sp³-hybridized carbons (Fsp3) is 0.125. The highest BCUT2D eigenvalue weighted by molar-refractivity contribution is 5.79. The molecule has 0 bridgehead atoms. The van der Waals surface area contributed by atoms with Gasteiger partial charge in [-0.15, -0.1) is 10.2 Å².